The monoisotopic (exact) mass is 433 g/mol. The van der Waals surface area contributed by atoms with Crippen molar-refractivity contribution < 1.29 is 4.79 Å². The SMILES string of the molecule is O=C(CCn1ncc(=O)c2ccccc21)N1CCN(Cc2nc3ccccc3s2)CC1. The molecule has 0 aliphatic carbocycles. The molecule has 3 heterocycles. The van der Waals surface area contributed by atoms with Gasteiger partial charge in [0.2, 0.25) is 11.3 Å². The number of nitrogens with zero attached hydrogens (tertiary/aromatic N) is 5. The molecule has 1 fully saturated rings. The summed E-state index contributed by atoms with van der Waals surface area (Å²) in [7, 11) is 0. The van der Waals surface area contributed by atoms with Crippen LogP contribution in [0.5, 0.6) is 0 Å². The summed E-state index contributed by atoms with van der Waals surface area (Å²) in [6, 6.07) is 15.6. The number of amides is 1. The summed E-state index contributed by atoms with van der Waals surface area (Å²) in [6.07, 6.45) is 1.70. The highest BCUT2D eigenvalue weighted by Gasteiger charge is 2.22. The van der Waals surface area contributed by atoms with Crippen molar-refractivity contribution in [2.24, 2.45) is 0 Å². The van der Waals surface area contributed by atoms with Crippen molar-refractivity contribution in [3.05, 3.63) is 70.0 Å². The van der Waals surface area contributed by atoms with Crippen molar-refractivity contribution in [1.82, 2.24) is 24.6 Å². The molecule has 1 aliphatic heterocycles. The molecule has 0 unspecified atom stereocenters. The quantitative estimate of drug-likeness (QED) is 0.484. The Morgan fingerprint density at radius 2 is 1.77 bits per heavy atom. The molecule has 0 spiro atoms. The Morgan fingerprint density at radius 1 is 1.00 bits per heavy atom. The summed E-state index contributed by atoms with van der Waals surface area (Å²) < 4.78 is 2.97. The molecule has 8 heteroatoms. The van der Waals surface area contributed by atoms with Gasteiger partial charge < -0.3 is 4.90 Å². The van der Waals surface area contributed by atoms with Gasteiger partial charge in [0.1, 0.15) is 5.01 Å². The first-order valence-corrected chi connectivity index (χ1v) is 11.3. The summed E-state index contributed by atoms with van der Waals surface area (Å²) in [6.45, 7) is 4.44. The van der Waals surface area contributed by atoms with Crippen LogP contribution in [0.4, 0.5) is 0 Å². The highest BCUT2D eigenvalue weighted by atomic mass is 32.1. The van der Waals surface area contributed by atoms with Crippen LogP contribution in [-0.2, 0) is 17.9 Å². The van der Waals surface area contributed by atoms with E-state index in [1.807, 2.05) is 41.3 Å². The standard InChI is InChI=1S/C23H23N5O2S/c29-20-15-24-28(19-7-3-1-5-17(19)20)10-9-23(30)27-13-11-26(12-14-27)16-22-25-18-6-2-4-8-21(18)31-22/h1-8,15H,9-14,16H2. The van der Waals surface area contributed by atoms with E-state index in [4.69, 9.17) is 4.98 Å². The lowest BCUT2D eigenvalue weighted by molar-refractivity contribution is -0.133. The third-order valence-corrected chi connectivity index (χ3v) is 6.74. The lowest BCUT2D eigenvalue weighted by Crippen LogP contribution is -2.48. The van der Waals surface area contributed by atoms with E-state index in [9.17, 15) is 9.59 Å². The molecule has 31 heavy (non-hydrogen) atoms. The van der Waals surface area contributed by atoms with Crippen LogP contribution in [0.15, 0.2) is 59.5 Å². The van der Waals surface area contributed by atoms with Gasteiger partial charge in [0, 0.05) is 38.0 Å². The van der Waals surface area contributed by atoms with Crippen LogP contribution in [0.2, 0.25) is 0 Å². The van der Waals surface area contributed by atoms with Crippen LogP contribution in [0.3, 0.4) is 0 Å². The van der Waals surface area contributed by atoms with Crippen molar-refractivity contribution in [3.63, 3.8) is 0 Å². The third-order valence-electron chi connectivity index (χ3n) is 5.72. The Morgan fingerprint density at radius 3 is 2.61 bits per heavy atom. The molecule has 158 valence electrons. The Kier molecular flexibility index (Phi) is 5.48. The van der Waals surface area contributed by atoms with Gasteiger partial charge in [-0.25, -0.2) is 4.98 Å². The molecular weight excluding hydrogens is 410 g/mol. The molecule has 1 amide bonds. The predicted molar refractivity (Wildman–Crippen MR) is 122 cm³/mol. The number of rotatable bonds is 5. The lowest BCUT2D eigenvalue weighted by Gasteiger charge is -2.34. The van der Waals surface area contributed by atoms with Crippen LogP contribution in [0.25, 0.3) is 21.1 Å². The van der Waals surface area contributed by atoms with Crippen LogP contribution >= 0.6 is 11.3 Å². The first-order valence-electron chi connectivity index (χ1n) is 10.5. The zero-order chi connectivity index (χ0) is 21.2. The molecular formula is C23H23N5O2S. The second-order valence-corrected chi connectivity index (χ2v) is 8.85. The van der Waals surface area contributed by atoms with Gasteiger partial charge in [-0.2, -0.15) is 5.10 Å². The van der Waals surface area contributed by atoms with Crippen LogP contribution in [0, 0.1) is 0 Å². The molecule has 7 nitrogen and oxygen atoms in total. The van der Waals surface area contributed by atoms with Gasteiger partial charge in [0.15, 0.2) is 0 Å². The summed E-state index contributed by atoms with van der Waals surface area (Å²) in [5.74, 6) is 0.129. The molecule has 1 saturated heterocycles. The number of carbonyl (C=O) groups excluding carboxylic acids is 1. The molecule has 0 bridgehead atoms. The summed E-state index contributed by atoms with van der Waals surface area (Å²) >= 11 is 1.74. The lowest BCUT2D eigenvalue weighted by atomic mass is 10.2. The molecule has 2 aromatic heterocycles. The topological polar surface area (TPSA) is 71.3 Å². The number of para-hydroxylation sites is 2. The highest BCUT2D eigenvalue weighted by Crippen LogP contribution is 2.23. The third kappa shape index (κ3) is 4.22. The Labute approximate surface area is 183 Å². The molecule has 0 radical (unpaired) electrons. The fraction of sp³-hybridized carbons (Fsp3) is 0.304. The predicted octanol–water partition coefficient (Wildman–Crippen LogP) is 2.74. The first kappa shape index (κ1) is 19.8. The minimum Gasteiger partial charge on any atom is -0.340 e. The molecule has 1 aliphatic rings. The van der Waals surface area contributed by atoms with Crippen molar-refractivity contribution in [2.45, 2.75) is 19.5 Å². The molecule has 0 atom stereocenters. The van der Waals surface area contributed by atoms with Crippen molar-refractivity contribution in [3.8, 4) is 0 Å². The fourth-order valence-corrected chi connectivity index (χ4v) is 5.04. The molecule has 0 N–H and O–H groups in total. The van der Waals surface area contributed by atoms with E-state index in [0.29, 0.717) is 18.4 Å². The average Bonchev–Trinajstić information content (AvgIpc) is 3.21. The van der Waals surface area contributed by atoms with E-state index in [0.717, 1.165) is 48.8 Å². The number of aromatic nitrogens is 3. The van der Waals surface area contributed by atoms with Crippen molar-refractivity contribution in [2.75, 3.05) is 26.2 Å². The van der Waals surface area contributed by atoms with E-state index in [2.05, 4.69) is 16.1 Å². The Bertz CT molecular complexity index is 1260. The summed E-state index contributed by atoms with van der Waals surface area (Å²) in [5, 5.41) is 5.97. The van der Waals surface area contributed by atoms with Crippen LogP contribution in [-0.4, -0.2) is 56.7 Å². The highest BCUT2D eigenvalue weighted by molar-refractivity contribution is 7.18. The van der Waals surface area contributed by atoms with Gasteiger partial charge in [-0.15, -0.1) is 11.3 Å². The molecule has 5 rings (SSSR count). The van der Waals surface area contributed by atoms with Gasteiger partial charge >= 0.3 is 0 Å². The maximum absolute atomic E-state index is 12.8. The number of carbonyl (C=O) groups is 1. The zero-order valence-electron chi connectivity index (χ0n) is 17.1. The van der Waals surface area contributed by atoms with E-state index in [-0.39, 0.29) is 11.3 Å². The number of thiazole rings is 1. The minimum atomic E-state index is -0.0950. The Balaban J connectivity index is 1.16. The zero-order valence-corrected chi connectivity index (χ0v) is 17.9. The molecule has 2 aromatic carbocycles. The number of hydrogen-bond donors (Lipinski definition) is 0. The second-order valence-electron chi connectivity index (χ2n) is 7.73. The largest absolute Gasteiger partial charge is 0.340 e. The van der Waals surface area contributed by atoms with Gasteiger partial charge in [-0.3, -0.25) is 19.2 Å². The maximum atomic E-state index is 12.8. The van der Waals surface area contributed by atoms with Gasteiger partial charge in [-0.05, 0) is 24.3 Å². The normalized spacial score (nSPS) is 15.0. The number of hydrogen-bond acceptors (Lipinski definition) is 6. The molecule has 0 saturated carbocycles. The van der Waals surface area contributed by atoms with Crippen LogP contribution < -0.4 is 5.43 Å². The molecule has 4 aromatic rings. The van der Waals surface area contributed by atoms with Gasteiger partial charge in [0.05, 0.1) is 35.0 Å². The van der Waals surface area contributed by atoms with E-state index in [1.165, 1.54) is 10.9 Å². The van der Waals surface area contributed by atoms with Gasteiger partial charge in [0.25, 0.3) is 0 Å². The fourth-order valence-electron chi connectivity index (χ4n) is 4.03. The van der Waals surface area contributed by atoms with Gasteiger partial charge in [-0.1, -0.05) is 24.3 Å². The summed E-state index contributed by atoms with van der Waals surface area (Å²) in [4.78, 5) is 33.7. The number of aryl methyl sites for hydroxylation is 1. The summed E-state index contributed by atoms with van der Waals surface area (Å²) in [5.41, 5.74) is 1.73. The van der Waals surface area contributed by atoms with E-state index < -0.39 is 0 Å². The van der Waals surface area contributed by atoms with E-state index in [1.54, 1.807) is 22.1 Å². The average molecular weight is 434 g/mol. The number of piperazine rings is 1. The second kappa shape index (κ2) is 8.56. The Hall–Kier alpha value is -3.10. The number of fused-ring (bicyclic) bond motifs is 2. The van der Waals surface area contributed by atoms with Crippen LogP contribution in [0.1, 0.15) is 11.4 Å². The minimum absolute atomic E-state index is 0.0950. The number of benzene rings is 2. The van der Waals surface area contributed by atoms with Crippen molar-refractivity contribution >= 4 is 38.4 Å². The smallest absolute Gasteiger partial charge is 0.224 e. The maximum Gasteiger partial charge on any atom is 0.224 e. The van der Waals surface area contributed by atoms with Crippen molar-refractivity contribution in [1.29, 1.82) is 0 Å². The van der Waals surface area contributed by atoms with E-state index >= 15 is 0 Å². The first-order chi connectivity index (χ1) is 15.2.